The van der Waals surface area contributed by atoms with E-state index in [0.717, 1.165) is 31.3 Å². The van der Waals surface area contributed by atoms with Crippen LogP contribution in [0.4, 0.5) is 0 Å². The van der Waals surface area contributed by atoms with Crippen molar-refractivity contribution >= 4 is 0 Å². The zero-order valence-electron chi connectivity index (χ0n) is 11.1. The molecule has 0 aromatic carbocycles. The number of rotatable bonds is 5. The molecule has 0 spiro atoms. The molecule has 0 heterocycles. The van der Waals surface area contributed by atoms with Gasteiger partial charge in [0.25, 0.3) is 0 Å². The van der Waals surface area contributed by atoms with Crippen molar-refractivity contribution in [2.75, 3.05) is 6.54 Å². The van der Waals surface area contributed by atoms with Gasteiger partial charge in [-0.2, -0.15) is 5.26 Å². The van der Waals surface area contributed by atoms with E-state index in [-0.39, 0.29) is 5.41 Å². The average Bonchev–Trinajstić information content (AvgIpc) is 2.25. The number of hydrogen-bond acceptors (Lipinski definition) is 2. The quantitative estimate of drug-likeness (QED) is 0.723. The fourth-order valence-corrected chi connectivity index (χ4v) is 2.51. The van der Waals surface area contributed by atoms with E-state index in [9.17, 15) is 0 Å². The van der Waals surface area contributed by atoms with Crippen molar-refractivity contribution in [2.24, 2.45) is 11.3 Å². The summed E-state index contributed by atoms with van der Waals surface area (Å²) < 4.78 is 0. The Morgan fingerprint density at radius 1 is 1.38 bits per heavy atom. The van der Waals surface area contributed by atoms with Crippen LogP contribution in [0.15, 0.2) is 0 Å². The van der Waals surface area contributed by atoms with Crippen molar-refractivity contribution < 1.29 is 0 Å². The Kier molecular flexibility index (Phi) is 5.28. The third kappa shape index (κ3) is 4.99. The van der Waals surface area contributed by atoms with Crippen LogP contribution in [-0.4, -0.2) is 12.6 Å². The lowest BCUT2D eigenvalue weighted by Gasteiger charge is -2.28. The van der Waals surface area contributed by atoms with Crippen LogP contribution in [-0.2, 0) is 0 Å². The first-order valence-corrected chi connectivity index (χ1v) is 6.68. The molecule has 0 aromatic heterocycles. The zero-order valence-corrected chi connectivity index (χ0v) is 11.1. The Morgan fingerprint density at radius 3 is 2.75 bits per heavy atom. The van der Waals surface area contributed by atoms with Gasteiger partial charge < -0.3 is 5.32 Å². The Balaban J connectivity index is 2.09. The Hall–Kier alpha value is -0.550. The normalized spacial score (nSPS) is 26.4. The highest BCUT2D eigenvalue weighted by Gasteiger charge is 2.19. The molecule has 0 aliphatic heterocycles. The molecule has 0 saturated heterocycles. The molecule has 2 unspecified atom stereocenters. The highest BCUT2D eigenvalue weighted by molar-refractivity contribution is 4.91. The molecule has 1 fully saturated rings. The van der Waals surface area contributed by atoms with E-state index in [1.807, 2.05) is 13.8 Å². The average molecular weight is 222 g/mol. The summed E-state index contributed by atoms with van der Waals surface area (Å²) in [5.41, 5.74) is -0.151. The predicted molar refractivity (Wildman–Crippen MR) is 68.1 cm³/mol. The van der Waals surface area contributed by atoms with E-state index in [1.165, 1.54) is 25.7 Å². The Labute approximate surface area is 100 Å². The Bertz CT molecular complexity index is 240. The van der Waals surface area contributed by atoms with E-state index in [1.54, 1.807) is 0 Å². The molecule has 1 rings (SSSR count). The van der Waals surface area contributed by atoms with Gasteiger partial charge in [0.05, 0.1) is 11.5 Å². The van der Waals surface area contributed by atoms with Gasteiger partial charge in [-0.1, -0.05) is 19.8 Å². The SMILES string of the molecule is CC1CCCC(NCCCC(C)(C)C#N)C1. The minimum atomic E-state index is -0.151. The largest absolute Gasteiger partial charge is 0.314 e. The summed E-state index contributed by atoms with van der Waals surface area (Å²) in [5, 5.41) is 12.5. The lowest BCUT2D eigenvalue weighted by atomic mass is 9.86. The molecule has 0 amide bonds. The second-order valence-corrected chi connectivity index (χ2v) is 6.02. The molecule has 1 saturated carbocycles. The van der Waals surface area contributed by atoms with Crippen molar-refractivity contribution in [1.29, 1.82) is 5.26 Å². The van der Waals surface area contributed by atoms with Gasteiger partial charge in [-0.3, -0.25) is 0 Å². The van der Waals surface area contributed by atoms with Crippen LogP contribution in [0.2, 0.25) is 0 Å². The first-order chi connectivity index (χ1) is 7.53. The number of hydrogen-bond donors (Lipinski definition) is 1. The first-order valence-electron chi connectivity index (χ1n) is 6.68. The lowest BCUT2D eigenvalue weighted by Crippen LogP contribution is -2.34. The monoisotopic (exact) mass is 222 g/mol. The standard InChI is InChI=1S/C14H26N2/c1-12-6-4-7-13(10-12)16-9-5-8-14(2,3)11-15/h12-13,16H,4-10H2,1-3H3. The predicted octanol–water partition coefficient (Wildman–Crippen LogP) is 3.48. The summed E-state index contributed by atoms with van der Waals surface area (Å²) in [6.45, 7) is 7.47. The van der Waals surface area contributed by atoms with Crippen LogP contribution in [0.1, 0.15) is 59.3 Å². The third-order valence-corrected chi connectivity index (χ3v) is 3.65. The van der Waals surface area contributed by atoms with Gasteiger partial charge in [-0.25, -0.2) is 0 Å². The molecule has 1 aliphatic carbocycles. The van der Waals surface area contributed by atoms with E-state index in [2.05, 4.69) is 18.3 Å². The van der Waals surface area contributed by atoms with Crippen LogP contribution >= 0.6 is 0 Å². The molecule has 2 nitrogen and oxygen atoms in total. The molecule has 0 radical (unpaired) electrons. The van der Waals surface area contributed by atoms with E-state index in [0.29, 0.717) is 0 Å². The van der Waals surface area contributed by atoms with E-state index < -0.39 is 0 Å². The molecule has 1 aliphatic rings. The van der Waals surface area contributed by atoms with Crippen LogP contribution < -0.4 is 5.32 Å². The van der Waals surface area contributed by atoms with E-state index >= 15 is 0 Å². The molecule has 16 heavy (non-hydrogen) atoms. The topological polar surface area (TPSA) is 35.8 Å². The van der Waals surface area contributed by atoms with Gasteiger partial charge in [0.15, 0.2) is 0 Å². The van der Waals surface area contributed by atoms with Crippen molar-refractivity contribution in [3.8, 4) is 6.07 Å². The van der Waals surface area contributed by atoms with E-state index in [4.69, 9.17) is 5.26 Å². The molecule has 2 heteroatoms. The summed E-state index contributed by atoms with van der Waals surface area (Å²) in [7, 11) is 0. The smallest absolute Gasteiger partial charge is 0.0683 e. The maximum atomic E-state index is 8.91. The first kappa shape index (κ1) is 13.5. The van der Waals surface area contributed by atoms with Gasteiger partial charge in [-0.15, -0.1) is 0 Å². The highest BCUT2D eigenvalue weighted by Crippen LogP contribution is 2.24. The van der Waals surface area contributed by atoms with Gasteiger partial charge in [0, 0.05) is 6.04 Å². The fraction of sp³-hybridized carbons (Fsp3) is 0.929. The minimum absolute atomic E-state index is 0.151. The summed E-state index contributed by atoms with van der Waals surface area (Å²) >= 11 is 0. The Morgan fingerprint density at radius 2 is 2.12 bits per heavy atom. The van der Waals surface area contributed by atoms with Gasteiger partial charge in [-0.05, 0) is 52.0 Å². The minimum Gasteiger partial charge on any atom is -0.314 e. The van der Waals surface area contributed by atoms with Crippen molar-refractivity contribution in [3.05, 3.63) is 0 Å². The van der Waals surface area contributed by atoms with Crippen LogP contribution in [0.25, 0.3) is 0 Å². The lowest BCUT2D eigenvalue weighted by molar-refractivity contribution is 0.296. The van der Waals surface area contributed by atoms with Crippen molar-refractivity contribution in [2.45, 2.75) is 65.3 Å². The van der Waals surface area contributed by atoms with Gasteiger partial charge in [0.2, 0.25) is 0 Å². The zero-order chi connectivity index (χ0) is 12.0. The van der Waals surface area contributed by atoms with Crippen LogP contribution in [0, 0.1) is 22.7 Å². The number of nitrogens with one attached hydrogen (secondary N) is 1. The van der Waals surface area contributed by atoms with Crippen molar-refractivity contribution in [1.82, 2.24) is 5.32 Å². The molecular weight excluding hydrogens is 196 g/mol. The number of nitrogens with zero attached hydrogens (tertiary/aromatic N) is 1. The third-order valence-electron chi connectivity index (χ3n) is 3.65. The maximum Gasteiger partial charge on any atom is 0.0683 e. The second kappa shape index (κ2) is 6.25. The highest BCUT2D eigenvalue weighted by atomic mass is 14.9. The molecule has 1 N–H and O–H groups in total. The molecule has 92 valence electrons. The summed E-state index contributed by atoms with van der Waals surface area (Å²) in [4.78, 5) is 0. The summed E-state index contributed by atoms with van der Waals surface area (Å²) in [6, 6.07) is 3.09. The molecule has 0 aromatic rings. The summed E-state index contributed by atoms with van der Waals surface area (Å²) in [6.07, 6.45) is 7.57. The van der Waals surface area contributed by atoms with Crippen LogP contribution in [0.3, 0.4) is 0 Å². The fourth-order valence-electron chi connectivity index (χ4n) is 2.51. The maximum absolute atomic E-state index is 8.91. The molecule has 0 bridgehead atoms. The number of nitriles is 1. The van der Waals surface area contributed by atoms with Gasteiger partial charge >= 0.3 is 0 Å². The van der Waals surface area contributed by atoms with Crippen LogP contribution in [0.5, 0.6) is 0 Å². The summed E-state index contributed by atoms with van der Waals surface area (Å²) in [5.74, 6) is 0.891. The van der Waals surface area contributed by atoms with Gasteiger partial charge in [0.1, 0.15) is 0 Å². The van der Waals surface area contributed by atoms with Crippen molar-refractivity contribution in [3.63, 3.8) is 0 Å². The molecular formula is C14H26N2. The second-order valence-electron chi connectivity index (χ2n) is 6.02. The molecule has 2 atom stereocenters.